The Balaban J connectivity index is 0.000000829. The van der Waals surface area contributed by atoms with E-state index in [1.54, 1.807) is 0 Å². The van der Waals surface area contributed by atoms with E-state index < -0.39 is 0 Å². The van der Waals surface area contributed by atoms with E-state index in [9.17, 15) is 5.02 Å². The highest BCUT2D eigenvalue weighted by atomic mass is 16.2. The van der Waals surface area contributed by atoms with Crippen LogP contribution in [0.5, 0.6) is 0 Å². The van der Waals surface area contributed by atoms with Gasteiger partial charge in [-0.05, 0) is 25.9 Å². The molecule has 0 bridgehead atoms. The summed E-state index contributed by atoms with van der Waals surface area (Å²) in [6, 6.07) is 8.65. The molecule has 1 aliphatic heterocycles. The van der Waals surface area contributed by atoms with Crippen LogP contribution in [0.4, 0.5) is 5.69 Å². The average molecular weight is 278 g/mol. The van der Waals surface area contributed by atoms with Gasteiger partial charge in [0.15, 0.2) is 0 Å². The van der Waals surface area contributed by atoms with Crippen LogP contribution in [0.3, 0.4) is 0 Å². The summed E-state index contributed by atoms with van der Waals surface area (Å²) >= 11 is 0. The fourth-order valence-electron chi connectivity index (χ4n) is 2.11. The van der Waals surface area contributed by atoms with Gasteiger partial charge in [-0.3, -0.25) is 0 Å². The molecule has 0 aliphatic carbocycles. The number of aryl methyl sites for hydroxylation is 1. The molecule has 1 N–H and O–H groups in total. The zero-order valence-corrected chi connectivity index (χ0v) is 14.1. The smallest absolute Gasteiger partial charge is 0.376 e. The van der Waals surface area contributed by atoms with Crippen LogP contribution in [0.15, 0.2) is 24.3 Å². The van der Waals surface area contributed by atoms with E-state index in [1.807, 2.05) is 34.5 Å². The van der Waals surface area contributed by atoms with Gasteiger partial charge in [0.2, 0.25) is 0 Å². The molecule has 114 valence electrons. The largest absolute Gasteiger partial charge is 0.437 e. The van der Waals surface area contributed by atoms with Gasteiger partial charge < -0.3 is 14.7 Å². The van der Waals surface area contributed by atoms with Crippen molar-refractivity contribution in [2.75, 3.05) is 31.1 Å². The normalized spacial score (nSPS) is 14.7. The molecule has 1 heterocycles. The summed E-state index contributed by atoms with van der Waals surface area (Å²) in [6.07, 6.45) is 0. The summed E-state index contributed by atoms with van der Waals surface area (Å²) in [5.41, 5.74) is 2.59. The fourth-order valence-corrected chi connectivity index (χ4v) is 2.11. The monoisotopic (exact) mass is 278 g/mol. The van der Waals surface area contributed by atoms with E-state index in [0.717, 1.165) is 26.2 Å². The van der Waals surface area contributed by atoms with Crippen molar-refractivity contribution in [2.45, 2.75) is 41.4 Å². The Morgan fingerprint density at radius 2 is 1.35 bits per heavy atom. The number of benzene rings is 1. The molecule has 0 unspecified atom stereocenters. The van der Waals surface area contributed by atoms with E-state index >= 15 is 0 Å². The molecule has 1 aromatic carbocycles. The molecular weight excluding hydrogens is 247 g/mol. The van der Waals surface area contributed by atoms with Crippen molar-refractivity contribution >= 4 is 12.7 Å². The van der Waals surface area contributed by atoms with Gasteiger partial charge in [0.25, 0.3) is 0 Å². The summed E-state index contributed by atoms with van der Waals surface area (Å²) in [5.74, 6) is 0. The highest BCUT2D eigenvalue weighted by Gasteiger charge is 2.22. The van der Waals surface area contributed by atoms with Crippen molar-refractivity contribution in [3.63, 3.8) is 0 Å². The molecule has 1 aromatic rings. The standard InChI is InChI=1S/C12H19BN2O.2C2H6/c1-11-3-5-12(6-4-11)14-7-9-15(10-8-14)13(2)16;2*1-2/h3-6,16H,7-10H2,1-2H3;2*1-2H3. The zero-order valence-electron chi connectivity index (χ0n) is 14.1. The minimum atomic E-state index is -0.319. The first-order valence-electron chi connectivity index (χ1n) is 7.90. The predicted molar refractivity (Wildman–Crippen MR) is 91.5 cm³/mol. The Bertz CT molecular complexity index is 333. The first kappa shape index (κ1) is 19.0. The molecule has 4 heteroatoms. The van der Waals surface area contributed by atoms with Crippen LogP contribution >= 0.6 is 0 Å². The Labute approximate surface area is 125 Å². The van der Waals surface area contributed by atoms with Crippen LogP contribution in [0.25, 0.3) is 0 Å². The number of rotatable bonds is 2. The molecule has 0 saturated carbocycles. The van der Waals surface area contributed by atoms with E-state index in [1.165, 1.54) is 11.3 Å². The lowest BCUT2D eigenvalue weighted by Crippen LogP contribution is -2.51. The van der Waals surface area contributed by atoms with Gasteiger partial charge in [0.05, 0.1) is 0 Å². The molecular formula is C16H31BN2O. The number of hydrogen-bond acceptors (Lipinski definition) is 3. The van der Waals surface area contributed by atoms with Crippen LogP contribution in [0.2, 0.25) is 6.82 Å². The molecule has 1 fully saturated rings. The predicted octanol–water partition coefficient (Wildman–Crippen LogP) is 3.28. The van der Waals surface area contributed by atoms with E-state index in [-0.39, 0.29) is 7.05 Å². The van der Waals surface area contributed by atoms with Crippen molar-refractivity contribution < 1.29 is 5.02 Å². The van der Waals surface area contributed by atoms with Crippen molar-refractivity contribution in [1.82, 2.24) is 4.81 Å². The average Bonchev–Trinajstić information content (AvgIpc) is 2.52. The molecule has 2 rings (SSSR count). The number of anilines is 1. The van der Waals surface area contributed by atoms with Gasteiger partial charge in [-0.1, -0.05) is 45.4 Å². The van der Waals surface area contributed by atoms with E-state index in [4.69, 9.17) is 0 Å². The van der Waals surface area contributed by atoms with Gasteiger partial charge in [-0.2, -0.15) is 0 Å². The Morgan fingerprint density at radius 3 is 1.75 bits per heavy atom. The second kappa shape index (κ2) is 10.8. The second-order valence-electron chi connectivity index (χ2n) is 4.49. The molecule has 0 atom stereocenters. The molecule has 3 nitrogen and oxygen atoms in total. The topological polar surface area (TPSA) is 26.7 Å². The first-order valence-corrected chi connectivity index (χ1v) is 7.90. The van der Waals surface area contributed by atoms with Crippen molar-refractivity contribution in [1.29, 1.82) is 0 Å². The summed E-state index contributed by atoms with van der Waals surface area (Å²) in [7, 11) is -0.319. The maximum absolute atomic E-state index is 9.48. The molecule has 0 spiro atoms. The fraction of sp³-hybridized carbons (Fsp3) is 0.625. The third kappa shape index (κ3) is 5.97. The number of hydrogen-bond donors (Lipinski definition) is 1. The van der Waals surface area contributed by atoms with Gasteiger partial charge in [0.1, 0.15) is 0 Å². The maximum atomic E-state index is 9.48. The highest BCUT2D eigenvalue weighted by Crippen LogP contribution is 2.17. The van der Waals surface area contributed by atoms with Crippen molar-refractivity contribution in [3.8, 4) is 0 Å². The SMILES string of the molecule is CB(O)N1CCN(c2ccc(C)cc2)CC1.CC.CC. The third-order valence-corrected chi connectivity index (χ3v) is 3.24. The lowest BCUT2D eigenvalue weighted by atomic mass is 9.84. The third-order valence-electron chi connectivity index (χ3n) is 3.24. The van der Waals surface area contributed by atoms with Crippen LogP contribution in [0.1, 0.15) is 33.3 Å². The minimum Gasteiger partial charge on any atom is -0.437 e. The van der Waals surface area contributed by atoms with Gasteiger partial charge in [0, 0.05) is 31.9 Å². The van der Waals surface area contributed by atoms with E-state index in [2.05, 4.69) is 40.9 Å². The van der Waals surface area contributed by atoms with Gasteiger partial charge in [-0.25, -0.2) is 0 Å². The summed E-state index contributed by atoms with van der Waals surface area (Å²) in [6.45, 7) is 15.8. The van der Waals surface area contributed by atoms with Crippen LogP contribution in [0, 0.1) is 6.92 Å². The van der Waals surface area contributed by atoms with Gasteiger partial charge >= 0.3 is 7.05 Å². The maximum Gasteiger partial charge on any atom is 0.376 e. The Morgan fingerprint density at radius 1 is 0.900 bits per heavy atom. The number of nitrogens with zero attached hydrogens (tertiary/aromatic N) is 2. The Kier molecular flexibility index (Phi) is 10.2. The molecule has 1 aliphatic rings. The lowest BCUT2D eigenvalue weighted by Gasteiger charge is -2.36. The highest BCUT2D eigenvalue weighted by molar-refractivity contribution is 6.45. The van der Waals surface area contributed by atoms with Crippen molar-refractivity contribution in [3.05, 3.63) is 29.8 Å². The Hall–Kier alpha value is -0.995. The molecule has 1 saturated heterocycles. The quantitative estimate of drug-likeness (QED) is 0.841. The zero-order chi connectivity index (χ0) is 15.5. The summed E-state index contributed by atoms with van der Waals surface area (Å²) in [5, 5.41) is 9.48. The molecule has 0 radical (unpaired) electrons. The van der Waals surface area contributed by atoms with Crippen LogP contribution in [-0.4, -0.2) is 43.1 Å². The molecule has 0 amide bonds. The molecule has 0 aromatic heterocycles. The number of piperazine rings is 1. The van der Waals surface area contributed by atoms with Gasteiger partial charge in [-0.15, -0.1) is 0 Å². The van der Waals surface area contributed by atoms with Crippen molar-refractivity contribution in [2.24, 2.45) is 0 Å². The first-order chi connectivity index (χ1) is 9.66. The minimum absolute atomic E-state index is 0.319. The summed E-state index contributed by atoms with van der Waals surface area (Å²) in [4.78, 5) is 4.48. The summed E-state index contributed by atoms with van der Waals surface area (Å²) < 4.78 is 0. The lowest BCUT2D eigenvalue weighted by molar-refractivity contribution is 0.344. The second-order valence-corrected chi connectivity index (χ2v) is 4.49. The van der Waals surface area contributed by atoms with Crippen LogP contribution < -0.4 is 4.90 Å². The van der Waals surface area contributed by atoms with E-state index in [0.29, 0.717) is 0 Å². The molecule has 20 heavy (non-hydrogen) atoms. The van der Waals surface area contributed by atoms with Crippen LogP contribution in [-0.2, 0) is 0 Å².